The normalized spacial score (nSPS) is 19.8. The van der Waals surface area contributed by atoms with E-state index < -0.39 is 0 Å². The van der Waals surface area contributed by atoms with Gasteiger partial charge >= 0.3 is 0 Å². The third kappa shape index (κ3) is 2.61. The number of hydrogen-bond acceptors (Lipinski definition) is 3. The third-order valence-corrected chi connectivity index (χ3v) is 3.38. The maximum atomic E-state index is 11.7. The van der Waals surface area contributed by atoms with Crippen LogP contribution in [-0.4, -0.2) is 30.5 Å². The second kappa shape index (κ2) is 5.06. The van der Waals surface area contributed by atoms with Gasteiger partial charge < -0.3 is 15.4 Å². The van der Waals surface area contributed by atoms with Gasteiger partial charge in [0.15, 0.2) is 6.10 Å². The predicted molar refractivity (Wildman–Crippen MR) is 68.7 cm³/mol. The van der Waals surface area contributed by atoms with E-state index in [1.54, 1.807) is 11.9 Å². The molecule has 1 fully saturated rings. The highest BCUT2D eigenvalue weighted by Gasteiger charge is 2.31. The van der Waals surface area contributed by atoms with E-state index in [9.17, 15) is 4.79 Å². The molecular weight excluding hydrogens is 284 g/mol. The number of nitrogens with two attached hydrogens (primary N) is 1. The molecule has 2 N–H and O–H groups in total. The van der Waals surface area contributed by atoms with Gasteiger partial charge in [0.2, 0.25) is 0 Å². The largest absolute Gasteiger partial charge is 0.480 e. The zero-order valence-electron chi connectivity index (χ0n) is 9.65. The SMILES string of the molecule is CN1CCC(Oc2ccc(Br)cc2CN)C1=O. The lowest BCUT2D eigenvalue weighted by atomic mass is 10.2. The number of halogens is 1. The summed E-state index contributed by atoms with van der Waals surface area (Å²) in [5.41, 5.74) is 6.56. The molecule has 1 aromatic carbocycles. The summed E-state index contributed by atoms with van der Waals surface area (Å²) >= 11 is 3.38. The van der Waals surface area contributed by atoms with Crippen molar-refractivity contribution < 1.29 is 9.53 Å². The molecule has 0 saturated carbocycles. The Bertz CT molecular complexity index is 437. The second-order valence-electron chi connectivity index (χ2n) is 4.11. The molecule has 1 aliphatic heterocycles. The van der Waals surface area contributed by atoms with Crippen molar-refractivity contribution in [3.63, 3.8) is 0 Å². The van der Waals surface area contributed by atoms with Gasteiger partial charge in [-0.15, -0.1) is 0 Å². The predicted octanol–water partition coefficient (Wildman–Crippen LogP) is 1.52. The van der Waals surface area contributed by atoms with E-state index in [1.807, 2.05) is 18.2 Å². The van der Waals surface area contributed by atoms with Crippen LogP contribution in [0.4, 0.5) is 0 Å². The first-order valence-electron chi connectivity index (χ1n) is 5.52. The van der Waals surface area contributed by atoms with Gasteiger partial charge in [0.25, 0.3) is 5.91 Å². The molecular formula is C12H15BrN2O2. The first-order chi connectivity index (χ1) is 8.11. The fourth-order valence-electron chi connectivity index (χ4n) is 1.88. The van der Waals surface area contributed by atoms with Crippen molar-refractivity contribution in [2.75, 3.05) is 13.6 Å². The Labute approximate surface area is 109 Å². The number of benzene rings is 1. The lowest BCUT2D eigenvalue weighted by Gasteiger charge is -2.15. The number of carbonyl (C=O) groups excluding carboxylic acids is 1. The Hall–Kier alpha value is -1.07. The summed E-state index contributed by atoms with van der Waals surface area (Å²) in [5, 5.41) is 0. The van der Waals surface area contributed by atoms with Crippen molar-refractivity contribution in [2.24, 2.45) is 5.73 Å². The van der Waals surface area contributed by atoms with Crippen LogP contribution in [0.1, 0.15) is 12.0 Å². The number of carbonyl (C=O) groups is 1. The van der Waals surface area contributed by atoms with Gasteiger partial charge in [0, 0.05) is 36.6 Å². The average Bonchev–Trinajstić information content (AvgIpc) is 2.63. The molecule has 4 nitrogen and oxygen atoms in total. The van der Waals surface area contributed by atoms with Crippen LogP contribution in [0, 0.1) is 0 Å². The third-order valence-electron chi connectivity index (χ3n) is 2.89. The van der Waals surface area contributed by atoms with E-state index in [1.165, 1.54) is 0 Å². The van der Waals surface area contributed by atoms with Crippen LogP contribution >= 0.6 is 15.9 Å². The number of nitrogens with zero attached hydrogens (tertiary/aromatic N) is 1. The highest BCUT2D eigenvalue weighted by atomic mass is 79.9. The molecule has 1 unspecified atom stereocenters. The molecule has 0 bridgehead atoms. The van der Waals surface area contributed by atoms with Crippen molar-refractivity contribution in [1.82, 2.24) is 4.90 Å². The number of amides is 1. The molecule has 1 aliphatic rings. The first-order valence-corrected chi connectivity index (χ1v) is 6.31. The summed E-state index contributed by atoms with van der Waals surface area (Å²) in [6, 6.07) is 5.65. The molecule has 5 heteroatoms. The zero-order chi connectivity index (χ0) is 12.4. The van der Waals surface area contributed by atoms with Gasteiger partial charge in [-0.2, -0.15) is 0 Å². The van der Waals surface area contributed by atoms with Crippen LogP contribution in [0.3, 0.4) is 0 Å². The van der Waals surface area contributed by atoms with Crippen molar-refractivity contribution in [1.29, 1.82) is 0 Å². The van der Waals surface area contributed by atoms with Gasteiger partial charge in [-0.25, -0.2) is 0 Å². The summed E-state index contributed by atoms with van der Waals surface area (Å²) in [5.74, 6) is 0.736. The molecule has 1 heterocycles. The van der Waals surface area contributed by atoms with Crippen LogP contribution in [-0.2, 0) is 11.3 Å². The molecule has 17 heavy (non-hydrogen) atoms. The number of likely N-dealkylation sites (N-methyl/N-ethyl adjacent to an activating group) is 1. The minimum absolute atomic E-state index is 0.0379. The molecule has 0 spiro atoms. The monoisotopic (exact) mass is 298 g/mol. The van der Waals surface area contributed by atoms with Crippen molar-refractivity contribution >= 4 is 21.8 Å². The fraction of sp³-hybridized carbons (Fsp3) is 0.417. The summed E-state index contributed by atoms with van der Waals surface area (Å²) in [6.07, 6.45) is 0.363. The quantitative estimate of drug-likeness (QED) is 0.920. The Balaban J connectivity index is 2.16. The molecule has 1 amide bonds. The van der Waals surface area contributed by atoms with E-state index in [4.69, 9.17) is 10.5 Å². The van der Waals surface area contributed by atoms with Gasteiger partial charge in [-0.3, -0.25) is 4.79 Å². The molecule has 1 aromatic rings. The van der Waals surface area contributed by atoms with E-state index in [-0.39, 0.29) is 12.0 Å². The molecule has 2 rings (SSSR count). The van der Waals surface area contributed by atoms with E-state index in [0.717, 1.165) is 23.0 Å². The van der Waals surface area contributed by atoms with Gasteiger partial charge in [-0.1, -0.05) is 15.9 Å². The Morgan fingerprint density at radius 2 is 2.35 bits per heavy atom. The van der Waals surface area contributed by atoms with Gasteiger partial charge in [0.05, 0.1) is 0 Å². The van der Waals surface area contributed by atoms with E-state index in [0.29, 0.717) is 12.3 Å². The van der Waals surface area contributed by atoms with Crippen molar-refractivity contribution in [2.45, 2.75) is 19.1 Å². The van der Waals surface area contributed by atoms with Gasteiger partial charge in [-0.05, 0) is 18.2 Å². The molecule has 92 valence electrons. The zero-order valence-corrected chi connectivity index (χ0v) is 11.2. The topological polar surface area (TPSA) is 55.6 Å². The molecule has 1 atom stereocenters. The fourth-order valence-corrected chi connectivity index (χ4v) is 2.28. The van der Waals surface area contributed by atoms with Crippen molar-refractivity contribution in [3.8, 4) is 5.75 Å². The number of hydrogen-bond donors (Lipinski definition) is 1. The number of ether oxygens (including phenoxy) is 1. The van der Waals surface area contributed by atoms with Crippen LogP contribution in [0.5, 0.6) is 5.75 Å². The maximum Gasteiger partial charge on any atom is 0.263 e. The minimum Gasteiger partial charge on any atom is -0.480 e. The van der Waals surface area contributed by atoms with Gasteiger partial charge in [0.1, 0.15) is 5.75 Å². The molecule has 1 saturated heterocycles. The summed E-state index contributed by atoms with van der Waals surface area (Å²) in [6.45, 7) is 1.14. The van der Waals surface area contributed by atoms with E-state index in [2.05, 4.69) is 15.9 Å². The Morgan fingerprint density at radius 3 is 2.94 bits per heavy atom. The number of likely N-dealkylation sites (tertiary alicyclic amines) is 1. The number of rotatable bonds is 3. The highest BCUT2D eigenvalue weighted by Crippen LogP contribution is 2.25. The lowest BCUT2D eigenvalue weighted by molar-refractivity contribution is -0.132. The second-order valence-corrected chi connectivity index (χ2v) is 5.03. The van der Waals surface area contributed by atoms with Crippen LogP contribution < -0.4 is 10.5 Å². The summed E-state index contributed by atoms with van der Waals surface area (Å²) < 4.78 is 6.70. The van der Waals surface area contributed by atoms with E-state index >= 15 is 0 Å². The molecule has 0 aromatic heterocycles. The first kappa shape index (κ1) is 12.4. The average molecular weight is 299 g/mol. The Morgan fingerprint density at radius 1 is 1.59 bits per heavy atom. The standard InChI is InChI=1S/C12H15BrN2O2/c1-15-5-4-11(12(15)16)17-10-3-2-9(13)6-8(10)7-14/h2-3,6,11H,4-5,7,14H2,1H3. The minimum atomic E-state index is -0.369. The lowest BCUT2D eigenvalue weighted by Crippen LogP contribution is -2.29. The van der Waals surface area contributed by atoms with Crippen molar-refractivity contribution in [3.05, 3.63) is 28.2 Å². The maximum absolute atomic E-state index is 11.7. The Kier molecular flexibility index (Phi) is 3.69. The molecule has 0 aliphatic carbocycles. The van der Waals surface area contributed by atoms with Crippen LogP contribution in [0.2, 0.25) is 0 Å². The highest BCUT2D eigenvalue weighted by molar-refractivity contribution is 9.10. The smallest absolute Gasteiger partial charge is 0.263 e. The van der Waals surface area contributed by atoms with Crippen LogP contribution in [0.25, 0.3) is 0 Å². The summed E-state index contributed by atoms with van der Waals surface area (Å²) in [4.78, 5) is 13.4. The summed E-state index contributed by atoms with van der Waals surface area (Å²) in [7, 11) is 1.79. The molecule has 0 radical (unpaired) electrons. The van der Waals surface area contributed by atoms with Crippen LogP contribution in [0.15, 0.2) is 22.7 Å².